The van der Waals surface area contributed by atoms with Crippen LogP contribution in [0.3, 0.4) is 0 Å². The number of amides is 1. The third kappa shape index (κ3) is 5.31. The summed E-state index contributed by atoms with van der Waals surface area (Å²) in [5, 5.41) is 0. The maximum Gasteiger partial charge on any atom is 0.363 e. The lowest BCUT2D eigenvalue weighted by molar-refractivity contribution is -0.135. The Kier molecular flexibility index (Phi) is 6.74. The largest absolute Gasteiger partial charge is 0.490 e. The zero-order valence-electron chi connectivity index (χ0n) is 18.3. The summed E-state index contributed by atoms with van der Waals surface area (Å²) in [5.74, 6) is 0.537. The quantitative estimate of drug-likeness (QED) is 0.503. The molecular weight excluding hydrogens is 396 g/mol. The average Bonchev–Trinajstić information content (AvgIpc) is 3.09. The highest BCUT2D eigenvalue weighted by molar-refractivity contribution is 6.12. The van der Waals surface area contributed by atoms with Crippen LogP contribution in [-0.4, -0.2) is 49.5 Å². The topological polar surface area (TPSA) is 77.4 Å². The van der Waals surface area contributed by atoms with E-state index in [0.29, 0.717) is 23.7 Å². The lowest BCUT2D eigenvalue weighted by Gasteiger charge is -2.20. The molecule has 0 aliphatic carbocycles. The molecule has 0 saturated heterocycles. The van der Waals surface area contributed by atoms with Crippen molar-refractivity contribution in [3.05, 3.63) is 64.9 Å². The van der Waals surface area contributed by atoms with Gasteiger partial charge in [0, 0.05) is 19.7 Å². The molecule has 7 heteroatoms. The molecule has 1 aliphatic rings. The summed E-state index contributed by atoms with van der Waals surface area (Å²) in [4.78, 5) is 30.2. The predicted molar refractivity (Wildman–Crippen MR) is 118 cm³/mol. The lowest BCUT2D eigenvalue weighted by Crippen LogP contribution is -2.35. The fourth-order valence-electron chi connectivity index (χ4n) is 3.05. The maximum atomic E-state index is 12.3. The Morgan fingerprint density at radius 3 is 2.65 bits per heavy atom. The van der Waals surface area contributed by atoms with Crippen molar-refractivity contribution in [1.82, 2.24) is 4.90 Å². The molecule has 0 spiro atoms. The average molecular weight is 422 g/mol. The molecule has 2 aromatic rings. The van der Waals surface area contributed by atoms with Gasteiger partial charge in [0.1, 0.15) is 0 Å². The Morgan fingerprint density at radius 1 is 1.19 bits per heavy atom. The molecule has 0 aromatic heterocycles. The molecule has 0 fully saturated rings. The minimum Gasteiger partial charge on any atom is -0.490 e. The molecule has 0 radical (unpaired) electrons. The molecule has 0 bridgehead atoms. The highest BCUT2D eigenvalue weighted by atomic mass is 16.6. The van der Waals surface area contributed by atoms with Gasteiger partial charge < -0.3 is 19.1 Å². The van der Waals surface area contributed by atoms with Gasteiger partial charge in [0.05, 0.1) is 6.61 Å². The summed E-state index contributed by atoms with van der Waals surface area (Å²) in [6.07, 6.45) is 0.968. The van der Waals surface area contributed by atoms with E-state index >= 15 is 0 Å². The van der Waals surface area contributed by atoms with Crippen LogP contribution in [0.4, 0.5) is 0 Å². The number of hydrogen-bond acceptors (Lipinski definition) is 6. The van der Waals surface area contributed by atoms with Gasteiger partial charge in [-0.15, -0.1) is 0 Å². The molecular formula is C24H26N2O5. The smallest absolute Gasteiger partial charge is 0.363 e. The lowest BCUT2D eigenvalue weighted by atomic mass is 10.1. The van der Waals surface area contributed by atoms with Crippen molar-refractivity contribution in [1.29, 1.82) is 0 Å². The number of carbonyl (C=O) groups is 2. The van der Waals surface area contributed by atoms with E-state index in [2.05, 4.69) is 4.99 Å². The van der Waals surface area contributed by atoms with Gasteiger partial charge in [0.25, 0.3) is 5.91 Å². The van der Waals surface area contributed by atoms with Gasteiger partial charge in [-0.1, -0.05) is 23.8 Å². The van der Waals surface area contributed by atoms with Crippen LogP contribution >= 0.6 is 0 Å². The molecule has 0 unspecified atom stereocenters. The van der Waals surface area contributed by atoms with E-state index in [0.717, 1.165) is 11.1 Å². The van der Waals surface area contributed by atoms with Crippen molar-refractivity contribution in [3.63, 3.8) is 0 Å². The molecule has 1 aliphatic heterocycles. The molecule has 1 atom stereocenters. The van der Waals surface area contributed by atoms with Crippen molar-refractivity contribution in [2.24, 2.45) is 4.99 Å². The van der Waals surface area contributed by atoms with Gasteiger partial charge in [-0.25, -0.2) is 9.79 Å². The Balaban J connectivity index is 1.87. The number of esters is 1. The van der Waals surface area contributed by atoms with Gasteiger partial charge in [-0.2, -0.15) is 0 Å². The van der Waals surface area contributed by atoms with E-state index in [9.17, 15) is 9.59 Å². The first kappa shape index (κ1) is 22.1. The normalized spacial score (nSPS) is 15.3. The molecule has 31 heavy (non-hydrogen) atoms. The number of cyclic esters (lactones) is 1. The summed E-state index contributed by atoms with van der Waals surface area (Å²) in [7, 11) is 3.35. The third-order valence-corrected chi connectivity index (χ3v) is 4.55. The molecule has 162 valence electrons. The number of hydrogen-bond donors (Lipinski definition) is 0. The highest BCUT2D eigenvalue weighted by Gasteiger charge is 2.24. The minimum atomic E-state index is -0.662. The Labute approximate surface area is 181 Å². The van der Waals surface area contributed by atoms with Crippen LogP contribution < -0.4 is 9.47 Å². The van der Waals surface area contributed by atoms with Crippen LogP contribution in [0, 0.1) is 6.92 Å². The van der Waals surface area contributed by atoms with Crippen LogP contribution in [0.15, 0.2) is 53.2 Å². The second-order valence-corrected chi connectivity index (χ2v) is 7.34. The molecule has 0 N–H and O–H groups in total. The number of carbonyl (C=O) groups excluding carboxylic acids is 2. The van der Waals surface area contributed by atoms with Crippen molar-refractivity contribution >= 4 is 23.9 Å². The van der Waals surface area contributed by atoms with E-state index in [1.165, 1.54) is 4.90 Å². The second-order valence-electron chi connectivity index (χ2n) is 7.34. The standard InChI is InChI=1S/C24H26N2O5/c1-6-29-21-14-17(10-11-20(21)30-16(3)23(27)26(4)5)13-19-24(28)31-22(25-19)18-9-7-8-15(2)12-18/h7-14,16H,6H2,1-5H3/b19-13-/t16-/m0/s1. The Bertz CT molecular complexity index is 1060. The molecule has 1 amide bonds. The van der Waals surface area contributed by atoms with Crippen molar-refractivity contribution in [2.75, 3.05) is 20.7 Å². The number of nitrogens with zero attached hydrogens (tertiary/aromatic N) is 2. The summed E-state index contributed by atoms with van der Waals surface area (Å²) in [6.45, 7) is 5.92. The number of likely N-dealkylation sites (N-methyl/N-ethyl adjacent to an activating group) is 1. The predicted octanol–water partition coefficient (Wildman–Crippen LogP) is 3.59. The second kappa shape index (κ2) is 9.47. The van der Waals surface area contributed by atoms with E-state index in [1.807, 2.05) is 38.1 Å². The van der Waals surface area contributed by atoms with Crippen LogP contribution in [0.2, 0.25) is 0 Å². The zero-order chi connectivity index (χ0) is 22.5. The summed E-state index contributed by atoms with van der Waals surface area (Å²) < 4.78 is 16.8. The molecule has 0 saturated carbocycles. The zero-order valence-corrected chi connectivity index (χ0v) is 18.3. The SMILES string of the molecule is CCOc1cc(/C=C2\N=C(c3cccc(C)c3)OC2=O)ccc1O[C@@H](C)C(=O)N(C)C. The molecule has 2 aromatic carbocycles. The van der Waals surface area contributed by atoms with Gasteiger partial charge >= 0.3 is 5.97 Å². The van der Waals surface area contributed by atoms with Gasteiger partial charge in [0.2, 0.25) is 5.90 Å². The number of benzene rings is 2. The van der Waals surface area contributed by atoms with E-state index in [-0.39, 0.29) is 17.5 Å². The van der Waals surface area contributed by atoms with Crippen LogP contribution in [0.25, 0.3) is 6.08 Å². The first-order chi connectivity index (χ1) is 14.8. The third-order valence-electron chi connectivity index (χ3n) is 4.55. The number of ether oxygens (including phenoxy) is 3. The van der Waals surface area contributed by atoms with E-state index in [4.69, 9.17) is 14.2 Å². The fourth-order valence-corrected chi connectivity index (χ4v) is 3.05. The molecule has 3 rings (SSSR count). The maximum absolute atomic E-state index is 12.3. The van der Waals surface area contributed by atoms with Crippen molar-refractivity contribution in [2.45, 2.75) is 26.9 Å². The number of aryl methyl sites for hydroxylation is 1. The first-order valence-corrected chi connectivity index (χ1v) is 10.0. The van der Waals surface area contributed by atoms with Gasteiger partial charge in [0.15, 0.2) is 23.3 Å². The Hall–Kier alpha value is -3.61. The van der Waals surface area contributed by atoms with Crippen LogP contribution in [-0.2, 0) is 14.3 Å². The summed E-state index contributed by atoms with van der Waals surface area (Å²) in [5.41, 5.74) is 2.69. The highest BCUT2D eigenvalue weighted by Crippen LogP contribution is 2.31. The fraction of sp³-hybridized carbons (Fsp3) is 0.292. The Morgan fingerprint density at radius 2 is 1.97 bits per heavy atom. The van der Waals surface area contributed by atoms with Crippen molar-refractivity contribution in [3.8, 4) is 11.5 Å². The summed E-state index contributed by atoms with van der Waals surface area (Å²) >= 11 is 0. The summed E-state index contributed by atoms with van der Waals surface area (Å²) in [6, 6.07) is 12.8. The first-order valence-electron chi connectivity index (χ1n) is 10.0. The van der Waals surface area contributed by atoms with Crippen LogP contribution in [0.1, 0.15) is 30.5 Å². The molecule has 7 nitrogen and oxygen atoms in total. The monoisotopic (exact) mass is 422 g/mol. The number of aliphatic imine (C=N–C) groups is 1. The van der Waals surface area contributed by atoms with Gasteiger partial charge in [-0.3, -0.25) is 4.79 Å². The minimum absolute atomic E-state index is 0.152. The number of rotatable bonds is 7. The van der Waals surface area contributed by atoms with Crippen LogP contribution in [0.5, 0.6) is 11.5 Å². The van der Waals surface area contributed by atoms with Crippen molar-refractivity contribution < 1.29 is 23.8 Å². The van der Waals surface area contributed by atoms with Gasteiger partial charge in [-0.05, 0) is 56.7 Å². The van der Waals surface area contributed by atoms with E-state index in [1.54, 1.807) is 45.3 Å². The van der Waals surface area contributed by atoms with E-state index < -0.39 is 12.1 Å². The molecule has 1 heterocycles.